The van der Waals surface area contributed by atoms with Crippen molar-refractivity contribution in [2.45, 2.75) is 19.3 Å². The number of nitrogen functional groups attached to an aromatic ring is 2. The maximum atomic E-state index is 12.6. The van der Waals surface area contributed by atoms with Crippen LogP contribution in [0.5, 0.6) is 5.75 Å². The SMILES string of the molecule is N#CCOc1ccc(CCCCN(C(=N)N)C(=O)c2nc(Cl)c(N)nc2N)cc1. The number of anilines is 2. The van der Waals surface area contributed by atoms with E-state index in [1.807, 2.05) is 18.2 Å². The van der Waals surface area contributed by atoms with Crippen LogP contribution in [0.2, 0.25) is 5.15 Å². The third-order valence-electron chi connectivity index (χ3n) is 3.97. The Morgan fingerprint density at radius 2 is 1.90 bits per heavy atom. The van der Waals surface area contributed by atoms with Gasteiger partial charge in [0.1, 0.15) is 11.8 Å². The molecule has 10 nitrogen and oxygen atoms in total. The maximum Gasteiger partial charge on any atom is 0.283 e. The molecule has 0 aliphatic carbocycles. The first-order chi connectivity index (χ1) is 13.8. The maximum absolute atomic E-state index is 12.6. The summed E-state index contributed by atoms with van der Waals surface area (Å²) < 4.78 is 5.21. The number of hydrogen-bond acceptors (Lipinski definition) is 8. The molecule has 0 radical (unpaired) electrons. The van der Waals surface area contributed by atoms with Crippen LogP contribution in [0.4, 0.5) is 11.6 Å². The molecule has 0 saturated carbocycles. The summed E-state index contributed by atoms with van der Waals surface area (Å²) in [6, 6.07) is 9.32. The third-order valence-corrected chi connectivity index (χ3v) is 4.25. The molecule has 0 atom stereocenters. The molecule has 1 aromatic carbocycles. The molecule has 2 aromatic rings. The van der Waals surface area contributed by atoms with Gasteiger partial charge in [-0.2, -0.15) is 5.26 Å². The third kappa shape index (κ3) is 5.95. The topological polar surface area (TPSA) is 181 Å². The minimum absolute atomic E-state index is 0.00235. The number of unbranched alkanes of at least 4 members (excludes halogenated alkanes) is 1. The van der Waals surface area contributed by atoms with E-state index >= 15 is 0 Å². The lowest BCUT2D eigenvalue weighted by Gasteiger charge is -2.20. The van der Waals surface area contributed by atoms with Crippen molar-refractivity contribution in [3.63, 3.8) is 0 Å². The molecule has 1 heterocycles. The van der Waals surface area contributed by atoms with Crippen molar-refractivity contribution in [2.75, 3.05) is 24.6 Å². The second kappa shape index (κ2) is 10.1. The number of nitriles is 1. The Hall–Kier alpha value is -3.58. The molecule has 2 rings (SSSR count). The summed E-state index contributed by atoms with van der Waals surface area (Å²) >= 11 is 5.81. The van der Waals surface area contributed by atoms with E-state index in [-0.39, 0.29) is 35.6 Å². The molecule has 29 heavy (non-hydrogen) atoms. The molecule has 0 saturated heterocycles. The summed E-state index contributed by atoms with van der Waals surface area (Å²) in [5.74, 6) is -0.725. The van der Waals surface area contributed by atoms with Crippen molar-refractivity contribution in [1.29, 1.82) is 10.7 Å². The highest BCUT2D eigenvalue weighted by Gasteiger charge is 2.23. The van der Waals surface area contributed by atoms with Crippen LogP contribution >= 0.6 is 11.6 Å². The zero-order chi connectivity index (χ0) is 21.4. The Morgan fingerprint density at radius 3 is 2.52 bits per heavy atom. The van der Waals surface area contributed by atoms with Crippen LogP contribution in [0.25, 0.3) is 0 Å². The number of carbonyl (C=O) groups excluding carboxylic acids is 1. The fourth-order valence-electron chi connectivity index (χ4n) is 2.53. The number of nitrogens with one attached hydrogen (secondary N) is 1. The molecular weight excluding hydrogens is 396 g/mol. The van der Waals surface area contributed by atoms with Gasteiger partial charge in [0.25, 0.3) is 5.91 Å². The predicted molar refractivity (Wildman–Crippen MR) is 109 cm³/mol. The van der Waals surface area contributed by atoms with Gasteiger partial charge in [0, 0.05) is 6.54 Å². The Balaban J connectivity index is 1.93. The Morgan fingerprint density at radius 1 is 1.21 bits per heavy atom. The number of aryl methyl sites for hydroxylation is 1. The van der Waals surface area contributed by atoms with E-state index in [2.05, 4.69) is 9.97 Å². The van der Waals surface area contributed by atoms with Crippen molar-refractivity contribution in [3.8, 4) is 11.8 Å². The first kappa shape index (κ1) is 21.7. The van der Waals surface area contributed by atoms with Crippen LogP contribution in [-0.2, 0) is 6.42 Å². The summed E-state index contributed by atoms with van der Waals surface area (Å²) in [5, 5.41) is 16.0. The lowest BCUT2D eigenvalue weighted by atomic mass is 10.1. The molecule has 1 aromatic heterocycles. The van der Waals surface area contributed by atoms with Gasteiger partial charge in [0.2, 0.25) is 0 Å². The molecule has 0 aliphatic rings. The normalized spacial score (nSPS) is 10.2. The van der Waals surface area contributed by atoms with Gasteiger partial charge in [-0.1, -0.05) is 23.7 Å². The van der Waals surface area contributed by atoms with Crippen LogP contribution in [0.15, 0.2) is 24.3 Å². The van der Waals surface area contributed by atoms with E-state index in [0.717, 1.165) is 23.3 Å². The van der Waals surface area contributed by atoms with Gasteiger partial charge in [-0.25, -0.2) is 9.97 Å². The van der Waals surface area contributed by atoms with Crippen LogP contribution < -0.4 is 21.9 Å². The number of ether oxygens (including phenoxy) is 1. The van der Waals surface area contributed by atoms with Gasteiger partial charge >= 0.3 is 0 Å². The number of hydrogen-bond donors (Lipinski definition) is 4. The van der Waals surface area contributed by atoms with E-state index in [0.29, 0.717) is 12.2 Å². The molecule has 11 heteroatoms. The Labute approximate surface area is 172 Å². The molecule has 152 valence electrons. The van der Waals surface area contributed by atoms with Crippen molar-refractivity contribution < 1.29 is 9.53 Å². The van der Waals surface area contributed by atoms with Gasteiger partial charge in [-0.05, 0) is 37.0 Å². The summed E-state index contributed by atoms with van der Waals surface area (Å²) in [7, 11) is 0. The lowest BCUT2D eigenvalue weighted by molar-refractivity contribution is 0.0838. The number of nitrogens with zero attached hydrogens (tertiary/aromatic N) is 4. The summed E-state index contributed by atoms with van der Waals surface area (Å²) in [6.07, 6.45) is 2.10. The van der Waals surface area contributed by atoms with E-state index in [1.54, 1.807) is 12.1 Å². The quantitative estimate of drug-likeness (QED) is 0.284. The van der Waals surface area contributed by atoms with Crippen molar-refractivity contribution in [2.24, 2.45) is 5.73 Å². The molecule has 1 amide bonds. The Bertz CT molecular complexity index is 927. The highest BCUT2D eigenvalue weighted by Crippen LogP contribution is 2.19. The molecule has 0 spiro atoms. The largest absolute Gasteiger partial charge is 0.479 e. The zero-order valence-corrected chi connectivity index (χ0v) is 16.3. The first-order valence-electron chi connectivity index (χ1n) is 8.66. The Kier molecular flexibility index (Phi) is 7.56. The number of nitrogens with two attached hydrogens (primary N) is 3. The van der Waals surface area contributed by atoms with E-state index < -0.39 is 11.9 Å². The minimum Gasteiger partial charge on any atom is -0.479 e. The molecule has 7 N–H and O–H groups in total. The second-order valence-electron chi connectivity index (χ2n) is 6.02. The average Bonchev–Trinajstić information content (AvgIpc) is 2.69. The van der Waals surface area contributed by atoms with Crippen LogP contribution in [0, 0.1) is 16.7 Å². The smallest absolute Gasteiger partial charge is 0.283 e. The number of amides is 1. The van der Waals surface area contributed by atoms with Crippen LogP contribution in [0.1, 0.15) is 28.9 Å². The van der Waals surface area contributed by atoms with E-state index in [9.17, 15) is 4.79 Å². The summed E-state index contributed by atoms with van der Waals surface area (Å²) in [6.45, 7) is 0.211. The van der Waals surface area contributed by atoms with Crippen LogP contribution in [0.3, 0.4) is 0 Å². The number of halogens is 1. The summed E-state index contributed by atoms with van der Waals surface area (Å²) in [5.41, 5.74) is 17.6. The number of guanidine groups is 1. The van der Waals surface area contributed by atoms with E-state index in [1.165, 1.54) is 0 Å². The van der Waals surface area contributed by atoms with Crippen LogP contribution in [-0.4, -0.2) is 39.9 Å². The average molecular weight is 417 g/mol. The number of carbonyl (C=O) groups is 1. The fourth-order valence-corrected chi connectivity index (χ4v) is 2.65. The minimum atomic E-state index is -0.664. The first-order valence-corrected chi connectivity index (χ1v) is 9.04. The standard InChI is InChI=1S/C18H21ClN8O2/c19-14-16(22)26-15(21)13(25-14)17(28)27(18(23)24)9-2-1-3-11-4-6-12(7-5-11)29-10-8-20/h4-7H,1-3,9-10H2,(H3,23,24)(H4,21,22,26). The molecule has 0 bridgehead atoms. The van der Waals surface area contributed by atoms with E-state index in [4.69, 9.17) is 44.2 Å². The molecule has 0 aliphatic heterocycles. The van der Waals surface area contributed by atoms with Crippen molar-refractivity contribution in [3.05, 3.63) is 40.7 Å². The van der Waals surface area contributed by atoms with Crippen molar-refractivity contribution >= 4 is 35.1 Å². The second-order valence-corrected chi connectivity index (χ2v) is 6.38. The van der Waals surface area contributed by atoms with Gasteiger partial charge < -0.3 is 21.9 Å². The lowest BCUT2D eigenvalue weighted by Crippen LogP contribution is -2.42. The van der Waals surface area contributed by atoms with Gasteiger partial charge in [0.15, 0.2) is 35.0 Å². The zero-order valence-electron chi connectivity index (χ0n) is 15.6. The van der Waals surface area contributed by atoms with Gasteiger partial charge in [-0.3, -0.25) is 15.1 Å². The number of rotatable bonds is 8. The monoisotopic (exact) mass is 416 g/mol. The van der Waals surface area contributed by atoms with Gasteiger partial charge in [-0.15, -0.1) is 0 Å². The molecule has 0 fully saturated rings. The highest BCUT2D eigenvalue weighted by molar-refractivity contribution is 6.31. The predicted octanol–water partition coefficient (Wildman–Crippen LogP) is 1.56. The fraction of sp³-hybridized carbons (Fsp3) is 0.278. The van der Waals surface area contributed by atoms with Crippen molar-refractivity contribution in [1.82, 2.24) is 14.9 Å². The molecule has 0 unspecified atom stereocenters. The number of benzene rings is 1. The van der Waals surface area contributed by atoms with Gasteiger partial charge in [0.05, 0.1) is 0 Å². The highest BCUT2D eigenvalue weighted by atomic mass is 35.5. The number of aromatic nitrogens is 2. The summed E-state index contributed by atoms with van der Waals surface area (Å²) in [4.78, 5) is 21.3. The molecular formula is C18H21ClN8O2.